The fraction of sp³-hybridized carbons (Fsp3) is 0.222. The number of nitrogens with zero attached hydrogens (tertiary/aromatic N) is 4. The summed E-state index contributed by atoms with van der Waals surface area (Å²) < 4.78 is 40.9. The minimum Gasteiger partial charge on any atom is -0.406 e. The van der Waals surface area contributed by atoms with Crippen LogP contribution in [0.2, 0.25) is 0 Å². The number of hydrogen-bond donors (Lipinski definition) is 1. The molecule has 4 aromatic rings. The van der Waals surface area contributed by atoms with E-state index in [2.05, 4.69) is 25.2 Å². The zero-order chi connectivity index (χ0) is 26.0. The van der Waals surface area contributed by atoms with E-state index in [1.54, 1.807) is 4.90 Å². The van der Waals surface area contributed by atoms with Crippen LogP contribution in [0.15, 0.2) is 78.9 Å². The van der Waals surface area contributed by atoms with E-state index in [9.17, 15) is 18.0 Å². The maximum absolute atomic E-state index is 12.8. The summed E-state index contributed by atoms with van der Waals surface area (Å²) in [5.74, 6) is 0.419. The standard InChI is InChI=1S/C27H24F3N5O2.ClH/c1-18-17-34(26(36)31-20-11-13-21(14-12-20)37-27(28,29)30)15-16-35(18)25-23-10-6-5-9-22(23)24(32-33-25)19-7-3-2-4-8-19;/h2-14,18H,15-17H2,1H3,(H,31,36);1H. The van der Waals surface area contributed by atoms with Gasteiger partial charge in [-0.2, -0.15) is 0 Å². The van der Waals surface area contributed by atoms with E-state index in [1.807, 2.05) is 61.5 Å². The first-order valence-electron chi connectivity index (χ1n) is 11.8. The molecule has 1 aromatic heterocycles. The Labute approximate surface area is 223 Å². The third-order valence-electron chi connectivity index (χ3n) is 6.24. The van der Waals surface area contributed by atoms with Crippen LogP contribution in [0.3, 0.4) is 0 Å². The van der Waals surface area contributed by atoms with Gasteiger partial charge in [-0.15, -0.1) is 35.8 Å². The van der Waals surface area contributed by atoms with Crippen LogP contribution in [-0.4, -0.2) is 53.2 Å². The van der Waals surface area contributed by atoms with E-state index < -0.39 is 6.36 Å². The minimum atomic E-state index is -4.77. The Morgan fingerprint density at radius 3 is 2.24 bits per heavy atom. The van der Waals surface area contributed by atoms with Crippen LogP contribution in [0, 0.1) is 0 Å². The number of piperazine rings is 1. The van der Waals surface area contributed by atoms with Crippen molar-refractivity contribution in [1.82, 2.24) is 15.1 Å². The molecule has 1 aliphatic rings. The first-order chi connectivity index (χ1) is 17.8. The summed E-state index contributed by atoms with van der Waals surface area (Å²) in [4.78, 5) is 16.7. The molecule has 0 bridgehead atoms. The third-order valence-corrected chi connectivity index (χ3v) is 6.24. The molecular formula is C27H25ClF3N5O2. The van der Waals surface area contributed by atoms with E-state index in [1.165, 1.54) is 12.1 Å². The van der Waals surface area contributed by atoms with Gasteiger partial charge in [-0.05, 0) is 31.2 Å². The van der Waals surface area contributed by atoms with Gasteiger partial charge >= 0.3 is 12.4 Å². The summed E-state index contributed by atoms with van der Waals surface area (Å²) in [5.41, 5.74) is 2.19. The van der Waals surface area contributed by atoms with Crippen molar-refractivity contribution in [2.24, 2.45) is 0 Å². The second kappa shape index (κ2) is 11.1. The van der Waals surface area contributed by atoms with E-state index in [4.69, 9.17) is 0 Å². The predicted octanol–water partition coefficient (Wildman–Crippen LogP) is 6.36. The molecule has 198 valence electrons. The zero-order valence-corrected chi connectivity index (χ0v) is 21.2. The molecule has 1 unspecified atom stereocenters. The van der Waals surface area contributed by atoms with E-state index in [0.717, 1.165) is 40.0 Å². The molecule has 5 rings (SSSR count). The molecule has 3 aromatic carbocycles. The van der Waals surface area contributed by atoms with Crippen LogP contribution in [0.5, 0.6) is 5.75 Å². The van der Waals surface area contributed by atoms with Gasteiger partial charge in [0.1, 0.15) is 11.4 Å². The van der Waals surface area contributed by atoms with E-state index in [-0.39, 0.29) is 30.2 Å². The Balaban J connectivity index is 0.00000336. The summed E-state index contributed by atoms with van der Waals surface area (Å²) in [6, 6.07) is 22.6. The van der Waals surface area contributed by atoms with Crippen molar-refractivity contribution in [2.75, 3.05) is 29.9 Å². The molecule has 0 aliphatic carbocycles. The van der Waals surface area contributed by atoms with Gasteiger partial charge in [0.15, 0.2) is 5.82 Å². The van der Waals surface area contributed by atoms with Crippen molar-refractivity contribution in [3.63, 3.8) is 0 Å². The predicted molar refractivity (Wildman–Crippen MR) is 143 cm³/mol. The van der Waals surface area contributed by atoms with E-state index >= 15 is 0 Å². The highest BCUT2D eigenvalue weighted by Gasteiger charge is 2.31. The molecule has 0 saturated carbocycles. The number of nitrogens with one attached hydrogen (secondary N) is 1. The van der Waals surface area contributed by atoms with Gasteiger partial charge in [0.25, 0.3) is 0 Å². The molecule has 1 fully saturated rings. The maximum atomic E-state index is 12.8. The normalized spacial score (nSPS) is 15.6. The van der Waals surface area contributed by atoms with E-state index in [0.29, 0.717) is 25.3 Å². The van der Waals surface area contributed by atoms with Crippen molar-refractivity contribution in [3.05, 3.63) is 78.9 Å². The lowest BCUT2D eigenvalue weighted by Crippen LogP contribution is -2.55. The molecular weight excluding hydrogens is 519 g/mol. The monoisotopic (exact) mass is 543 g/mol. The van der Waals surface area contributed by atoms with Crippen molar-refractivity contribution in [3.8, 4) is 17.0 Å². The number of benzene rings is 3. The van der Waals surface area contributed by atoms with Crippen molar-refractivity contribution >= 4 is 40.7 Å². The average molecular weight is 544 g/mol. The Hall–Kier alpha value is -4.05. The Bertz CT molecular complexity index is 1400. The van der Waals surface area contributed by atoms with Gasteiger partial charge in [0.2, 0.25) is 0 Å². The highest BCUT2D eigenvalue weighted by atomic mass is 35.5. The smallest absolute Gasteiger partial charge is 0.406 e. The first kappa shape index (κ1) is 27.0. The second-order valence-corrected chi connectivity index (χ2v) is 8.77. The zero-order valence-electron chi connectivity index (χ0n) is 20.4. The van der Waals surface area contributed by atoms with Crippen LogP contribution in [0.4, 0.5) is 29.5 Å². The number of amides is 2. The summed E-state index contributed by atoms with van der Waals surface area (Å²) in [5, 5.41) is 13.9. The molecule has 1 saturated heterocycles. The van der Waals surface area contributed by atoms with Crippen LogP contribution < -0.4 is 15.0 Å². The number of carbonyl (C=O) groups excluding carboxylic acids is 1. The number of ether oxygens (including phenoxy) is 1. The van der Waals surface area contributed by atoms with Gasteiger partial charge < -0.3 is 19.9 Å². The number of alkyl halides is 3. The second-order valence-electron chi connectivity index (χ2n) is 8.77. The molecule has 0 spiro atoms. The maximum Gasteiger partial charge on any atom is 0.573 e. The van der Waals surface area contributed by atoms with Gasteiger partial charge in [0, 0.05) is 47.7 Å². The molecule has 1 N–H and O–H groups in total. The summed E-state index contributed by atoms with van der Waals surface area (Å²) in [7, 11) is 0. The highest BCUT2D eigenvalue weighted by Crippen LogP contribution is 2.33. The number of carbonyl (C=O) groups is 1. The number of urea groups is 1. The van der Waals surface area contributed by atoms with Crippen molar-refractivity contribution in [1.29, 1.82) is 0 Å². The van der Waals surface area contributed by atoms with Crippen molar-refractivity contribution < 1.29 is 22.7 Å². The largest absolute Gasteiger partial charge is 0.573 e. The topological polar surface area (TPSA) is 70.6 Å². The molecule has 11 heteroatoms. The molecule has 2 amide bonds. The average Bonchev–Trinajstić information content (AvgIpc) is 2.89. The third kappa shape index (κ3) is 5.91. The minimum absolute atomic E-state index is 0. The number of anilines is 2. The van der Waals surface area contributed by atoms with Gasteiger partial charge in [0.05, 0.1) is 0 Å². The SMILES string of the molecule is CC1CN(C(=O)Nc2ccc(OC(F)(F)F)cc2)CCN1c1nnc(-c2ccccc2)c2ccccc12.Cl. The molecule has 1 aliphatic heterocycles. The van der Waals surface area contributed by atoms with Crippen LogP contribution in [0.1, 0.15) is 6.92 Å². The van der Waals surface area contributed by atoms with Crippen LogP contribution in [0.25, 0.3) is 22.0 Å². The summed E-state index contributed by atoms with van der Waals surface area (Å²) in [6.45, 7) is 3.46. The molecule has 2 heterocycles. The molecule has 0 radical (unpaired) electrons. The Morgan fingerprint density at radius 1 is 0.921 bits per heavy atom. The Kier molecular flexibility index (Phi) is 7.91. The van der Waals surface area contributed by atoms with Gasteiger partial charge in [-0.25, -0.2) is 4.79 Å². The van der Waals surface area contributed by atoms with Gasteiger partial charge in [-0.3, -0.25) is 0 Å². The van der Waals surface area contributed by atoms with Crippen molar-refractivity contribution in [2.45, 2.75) is 19.3 Å². The van der Waals surface area contributed by atoms with Crippen LogP contribution >= 0.6 is 12.4 Å². The molecule has 38 heavy (non-hydrogen) atoms. The first-order valence-corrected chi connectivity index (χ1v) is 11.8. The fourth-order valence-corrected chi connectivity index (χ4v) is 4.51. The number of aromatic nitrogens is 2. The number of rotatable bonds is 4. The number of fused-ring (bicyclic) bond motifs is 1. The van der Waals surface area contributed by atoms with Gasteiger partial charge in [-0.1, -0.05) is 54.6 Å². The molecule has 1 atom stereocenters. The lowest BCUT2D eigenvalue weighted by Gasteiger charge is -2.40. The Morgan fingerprint density at radius 2 is 1.58 bits per heavy atom. The lowest BCUT2D eigenvalue weighted by molar-refractivity contribution is -0.274. The number of halogens is 4. The van der Waals surface area contributed by atoms with Crippen LogP contribution in [-0.2, 0) is 0 Å². The molecule has 7 nitrogen and oxygen atoms in total. The summed E-state index contributed by atoms with van der Waals surface area (Å²) in [6.07, 6.45) is -4.77. The quantitative estimate of drug-likeness (QED) is 0.324. The number of hydrogen-bond acceptors (Lipinski definition) is 5. The lowest BCUT2D eigenvalue weighted by atomic mass is 10.0. The fourth-order valence-electron chi connectivity index (χ4n) is 4.51. The highest BCUT2D eigenvalue weighted by molar-refractivity contribution is 6.00. The summed E-state index contributed by atoms with van der Waals surface area (Å²) >= 11 is 0.